The van der Waals surface area contributed by atoms with Crippen LogP contribution in [-0.4, -0.2) is 43.7 Å². The number of likely N-dealkylation sites (N-methyl/N-ethyl adjacent to an activating group) is 1. The zero-order chi connectivity index (χ0) is 13.0. The Hall–Kier alpha value is -1.06. The molecule has 1 aliphatic heterocycles. The van der Waals surface area contributed by atoms with Crippen LogP contribution in [0.3, 0.4) is 0 Å². The van der Waals surface area contributed by atoms with E-state index >= 15 is 0 Å². The zero-order valence-corrected chi connectivity index (χ0v) is 11.6. The van der Waals surface area contributed by atoms with Crippen LogP contribution in [-0.2, 0) is 0 Å². The Morgan fingerprint density at radius 3 is 2.94 bits per heavy atom. The number of hydrogen-bond donors (Lipinski definition) is 1. The molecule has 0 radical (unpaired) electrons. The molecule has 3 heteroatoms. The van der Waals surface area contributed by atoms with E-state index in [0.717, 1.165) is 25.4 Å². The Balaban J connectivity index is 1.65. The van der Waals surface area contributed by atoms with E-state index in [-0.39, 0.29) is 0 Å². The SMILES string of the molecule is Cc1cccc(OCCNC2CC(C)N(C)C2)c1. The molecule has 0 aliphatic carbocycles. The average molecular weight is 248 g/mol. The average Bonchev–Trinajstić information content (AvgIpc) is 2.65. The standard InChI is InChI=1S/C15H24N2O/c1-12-5-4-6-15(9-12)18-8-7-16-14-10-13(2)17(3)11-14/h4-6,9,13-14,16H,7-8,10-11H2,1-3H3. The molecule has 1 fully saturated rings. The van der Waals surface area contributed by atoms with Gasteiger partial charge in [0.2, 0.25) is 0 Å². The number of rotatable bonds is 5. The van der Waals surface area contributed by atoms with Gasteiger partial charge >= 0.3 is 0 Å². The Morgan fingerprint density at radius 1 is 1.44 bits per heavy atom. The van der Waals surface area contributed by atoms with Gasteiger partial charge in [0.1, 0.15) is 12.4 Å². The molecule has 18 heavy (non-hydrogen) atoms. The van der Waals surface area contributed by atoms with Crippen LogP contribution in [0, 0.1) is 6.92 Å². The third kappa shape index (κ3) is 3.72. The van der Waals surface area contributed by atoms with Gasteiger partial charge in [0.05, 0.1) is 0 Å². The maximum atomic E-state index is 5.72. The van der Waals surface area contributed by atoms with Gasteiger partial charge in [-0.3, -0.25) is 0 Å². The van der Waals surface area contributed by atoms with Crippen molar-refractivity contribution in [1.29, 1.82) is 0 Å². The summed E-state index contributed by atoms with van der Waals surface area (Å²) in [5.41, 5.74) is 1.24. The molecule has 1 saturated heterocycles. The van der Waals surface area contributed by atoms with Gasteiger partial charge in [-0.1, -0.05) is 12.1 Å². The Labute approximate surface area is 110 Å². The molecule has 0 amide bonds. The lowest BCUT2D eigenvalue weighted by Crippen LogP contribution is -2.34. The van der Waals surface area contributed by atoms with E-state index in [9.17, 15) is 0 Å². The summed E-state index contributed by atoms with van der Waals surface area (Å²) in [6.07, 6.45) is 1.24. The molecule has 1 N–H and O–H groups in total. The van der Waals surface area contributed by atoms with Gasteiger partial charge in [-0.05, 0) is 45.0 Å². The topological polar surface area (TPSA) is 24.5 Å². The highest BCUT2D eigenvalue weighted by Gasteiger charge is 2.25. The second-order valence-electron chi connectivity index (χ2n) is 5.34. The van der Waals surface area contributed by atoms with Crippen molar-refractivity contribution in [3.8, 4) is 5.75 Å². The molecular weight excluding hydrogens is 224 g/mol. The third-order valence-corrected chi connectivity index (χ3v) is 3.68. The largest absolute Gasteiger partial charge is 0.492 e. The number of nitrogens with one attached hydrogen (secondary N) is 1. The fourth-order valence-electron chi connectivity index (χ4n) is 2.48. The highest BCUT2D eigenvalue weighted by atomic mass is 16.5. The molecule has 0 aromatic heterocycles. The molecule has 1 aromatic rings. The van der Waals surface area contributed by atoms with Crippen molar-refractivity contribution in [2.45, 2.75) is 32.4 Å². The van der Waals surface area contributed by atoms with E-state index in [1.54, 1.807) is 0 Å². The van der Waals surface area contributed by atoms with Gasteiger partial charge < -0.3 is 15.0 Å². The van der Waals surface area contributed by atoms with E-state index < -0.39 is 0 Å². The summed E-state index contributed by atoms with van der Waals surface area (Å²) in [5.74, 6) is 0.966. The normalized spacial score (nSPS) is 24.4. The predicted molar refractivity (Wildman–Crippen MR) is 75.2 cm³/mol. The lowest BCUT2D eigenvalue weighted by molar-refractivity contribution is 0.301. The van der Waals surface area contributed by atoms with E-state index in [0.29, 0.717) is 12.1 Å². The molecule has 100 valence electrons. The molecule has 1 aromatic carbocycles. The van der Waals surface area contributed by atoms with Gasteiger partial charge in [-0.2, -0.15) is 0 Å². The molecule has 0 bridgehead atoms. The third-order valence-electron chi connectivity index (χ3n) is 3.68. The van der Waals surface area contributed by atoms with Crippen molar-refractivity contribution < 1.29 is 4.74 Å². The van der Waals surface area contributed by atoms with Crippen molar-refractivity contribution in [3.63, 3.8) is 0 Å². The number of likely N-dealkylation sites (tertiary alicyclic amines) is 1. The number of nitrogens with zero attached hydrogens (tertiary/aromatic N) is 1. The monoisotopic (exact) mass is 248 g/mol. The number of hydrogen-bond acceptors (Lipinski definition) is 3. The minimum atomic E-state index is 0.617. The summed E-state index contributed by atoms with van der Waals surface area (Å²) >= 11 is 0. The van der Waals surface area contributed by atoms with Crippen LogP contribution in [0.15, 0.2) is 24.3 Å². The number of aryl methyl sites for hydroxylation is 1. The van der Waals surface area contributed by atoms with Gasteiger partial charge in [0.15, 0.2) is 0 Å². The highest BCUT2D eigenvalue weighted by Crippen LogP contribution is 2.15. The molecule has 0 spiro atoms. The second kappa shape index (κ2) is 6.21. The van der Waals surface area contributed by atoms with Crippen LogP contribution in [0.1, 0.15) is 18.9 Å². The van der Waals surface area contributed by atoms with Crippen LogP contribution in [0.2, 0.25) is 0 Å². The van der Waals surface area contributed by atoms with Crippen LogP contribution in [0.5, 0.6) is 5.75 Å². The molecule has 2 unspecified atom stereocenters. The first-order chi connectivity index (χ1) is 8.65. The fourth-order valence-corrected chi connectivity index (χ4v) is 2.48. The maximum absolute atomic E-state index is 5.72. The molecule has 2 rings (SSSR count). The molecule has 0 saturated carbocycles. The number of ether oxygens (including phenoxy) is 1. The summed E-state index contributed by atoms with van der Waals surface area (Å²) < 4.78 is 5.72. The molecular formula is C15H24N2O. The summed E-state index contributed by atoms with van der Waals surface area (Å²) in [6.45, 7) is 7.16. The first-order valence-corrected chi connectivity index (χ1v) is 6.78. The molecule has 2 atom stereocenters. The summed E-state index contributed by atoms with van der Waals surface area (Å²) in [5, 5.41) is 3.56. The van der Waals surface area contributed by atoms with E-state index in [1.807, 2.05) is 12.1 Å². The summed E-state index contributed by atoms with van der Waals surface area (Å²) in [7, 11) is 2.19. The summed E-state index contributed by atoms with van der Waals surface area (Å²) in [4.78, 5) is 2.40. The van der Waals surface area contributed by atoms with E-state index in [1.165, 1.54) is 12.0 Å². The van der Waals surface area contributed by atoms with Crippen LogP contribution < -0.4 is 10.1 Å². The maximum Gasteiger partial charge on any atom is 0.119 e. The Kier molecular flexibility index (Phi) is 4.61. The van der Waals surface area contributed by atoms with Crippen LogP contribution in [0.4, 0.5) is 0 Å². The Morgan fingerprint density at radius 2 is 2.28 bits per heavy atom. The lowest BCUT2D eigenvalue weighted by atomic mass is 10.2. The predicted octanol–water partition coefficient (Wildman–Crippen LogP) is 2.06. The molecule has 1 aliphatic rings. The highest BCUT2D eigenvalue weighted by molar-refractivity contribution is 5.27. The van der Waals surface area contributed by atoms with E-state index in [2.05, 4.69) is 43.2 Å². The Bertz CT molecular complexity index is 371. The minimum absolute atomic E-state index is 0.617. The minimum Gasteiger partial charge on any atom is -0.492 e. The van der Waals surface area contributed by atoms with Gasteiger partial charge in [-0.15, -0.1) is 0 Å². The fraction of sp³-hybridized carbons (Fsp3) is 0.600. The van der Waals surface area contributed by atoms with E-state index in [4.69, 9.17) is 4.74 Å². The van der Waals surface area contributed by atoms with Crippen molar-refractivity contribution >= 4 is 0 Å². The van der Waals surface area contributed by atoms with Crippen molar-refractivity contribution in [2.75, 3.05) is 26.7 Å². The first-order valence-electron chi connectivity index (χ1n) is 6.78. The van der Waals surface area contributed by atoms with Crippen molar-refractivity contribution in [1.82, 2.24) is 10.2 Å². The van der Waals surface area contributed by atoms with Crippen molar-refractivity contribution in [2.24, 2.45) is 0 Å². The second-order valence-corrected chi connectivity index (χ2v) is 5.34. The van der Waals surface area contributed by atoms with Gasteiger partial charge in [0.25, 0.3) is 0 Å². The van der Waals surface area contributed by atoms with Gasteiger partial charge in [0, 0.05) is 25.2 Å². The lowest BCUT2D eigenvalue weighted by Gasteiger charge is -2.13. The van der Waals surface area contributed by atoms with Crippen molar-refractivity contribution in [3.05, 3.63) is 29.8 Å². The smallest absolute Gasteiger partial charge is 0.119 e. The zero-order valence-electron chi connectivity index (χ0n) is 11.6. The van der Waals surface area contributed by atoms with Gasteiger partial charge in [-0.25, -0.2) is 0 Å². The van der Waals surface area contributed by atoms with Crippen LogP contribution >= 0.6 is 0 Å². The summed E-state index contributed by atoms with van der Waals surface area (Å²) in [6, 6.07) is 9.52. The molecule has 3 nitrogen and oxygen atoms in total. The first kappa shape index (κ1) is 13.4. The molecule has 1 heterocycles. The van der Waals surface area contributed by atoms with Crippen LogP contribution in [0.25, 0.3) is 0 Å². The quantitative estimate of drug-likeness (QED) is 0.807. The number of benzene rings is 1.